The third-order valence-corrected chi connectivity index (χ3v) is 6.67. The molecule has 0 spiro atoms. The van der Waals surface area contributed by atoms with Crippen molar-refractivity contribution < 1.29 is 22.7 Å². The highest BCUT2D eigenvalue weighted by atomic mass is 32.2. The molecule has 1 atom stereocenters. The minimum absolute atomic E-state index is 0.154. The molecule has 7 nitrogen and oxygen atoms in total. The van der Waals surface area contributed by atoms with Gasteiger partial charge < -0.3 is 14.8 Å². The molecule has 0 radical (unpaired) electrons. The van der Waals surface area contributed by atoms with E-state index in [1.165, 1.54) is 12.1 Å². The van der Waals surface area contributed by atoms with E-state index in [0.717, 1.165) is 5.56 Å². The number of nitrogens with one attached hydrogen (secondary N) is 2. The number of carbonyl (C=O) groups is 1. The molecule has 1 heterocycles. The van der Waals surface area contributed by atoms with Crippen LogP contribution in [0.5, 0.6) is 11.5 Å². The number of sulfonamides is 1. The highest BCUT2D eigenvalue weighted by Crippen LogP contribution is 2.32. The fraction of sp³-hybridized carbons (Fsp3) is 0.208. The quantitative estimate of drug-likeness (QED) is 0.588. The average molecular weight is 453 g/mol. The number of amides is 1. The van der Waals surface area contributed by atoms with Crippen LogP contribution >= 0.6 is 0 Å². The summed E-state index contributed by atoms with van der Waals surface area (Å²) in [6, 6.07) is 18.3. The van der Waals surface area contributed by atoms with Crippen molar-refractivity contribution >= 4 is 21.6 Å². The lowest BCUT2D eigenvalue weighted by Crippen LogP contribution is -2.28. The van der Waals surface area contributed by atoms with E-state index in [1.807, 2.05) is 25.1 Å². The monoisotopic (exact) mass is 452 g/mol. The second kappa shape index (κ2) is 8.92. The first-order valence-corrected chi connectivity index (χ1v) is 11.7. The molecule has 0 fully saturated rings. The van der Waals surface area contributed by atoms with Gasteiger partial charge in [0.25, 0.3) is 15.9 Å². The van der Waals surface area contributed by atoms with Crippen molar-refractivity contribution in [1.29, 1.82) is 0 Å². The van der Waals surface area contributed by atoms with Gasteiger partial charge in [0, 0.05) is 5.56 Å². The van der Waals surface area contributed by atoms with Gasteiger partial charge in [0.2, 0.25) is 0 Å². The normalized spacial score (nSPS) is 13.8. The van der Waals surface area contributed by atoms with Gasteiger partial charge in [-0.05, 0) is 61.4 Å². The summed E-state index contributed by atoms with van der Waals surface area (Å²) in [6.07, 6.45) is 0. The zero-order valence-electron chi connectivity index (χ0n) is 17.8. The highest BCUT2D eigenvalue weighted by Gasteiger charge is 2.20. The molecule has 1 aliphatic heterocycles. The van der Waals surface area contributed by atoms with E-state index in [0.29, 0.717) is 41.5 Å². The van der Waals surface area contributed by atoms with E-state index >= 15 is 0 Å². The summed E-state index contributed by atoms with van der Waals surface area (Å²) in [7, 11) is -3.76. The van der Waals surface area contributed by atoms with Crippen molar-refractivity contribution in [3.8, 4) is 11.5 Å². The van der Waals surface area contributed by atoms with Crippen LogP contribution in [0.3, 0.4) is 0 Å². The number of hydrogen-bond donors (Lipinski definition) is 2. The molecule has 0 aliphatic carbocycles. The molecule has 32 heavy (non-hydrogen) atoms. The molecular formula is C24H24N2O5S. The van der Waals surface area contributed by atoms with Gasteiger partial charge in [-0.25, -0.2) is 8.42 Å². The van der Waals surface area contributed by atoms with Crippen LogP contribution in [-0.2, 0) is 10.0 Å². The van der Waals surface area contributed by atoms with Crippen LogP contribution in [0.2, 0.25) is 0 Å². The average Bonchev–Trinajstić information content (AvgIpc) is 2.80. The number of benzene rings is 3. The van der Waals surface area contributed by atoms with Gasteiger partial charge in [-0.1, -0.05) is 30.3 Å². The number of rotatable bonds is 6. The maximum atomic E-state index is 13.0. The Balaban J connectivity index is 1.52. The molecule has 3 aromatic carbocycles. The van der Waals surface area contributed by atoms with Gasteiger partial charge in [0.15, 0.2) is 11.5 Å². The topological polar surface area (TPSA) is 93.7 Å². The Morgan fingerprint density at radius 3 is 2.41 bits per heavy atom. The van der Waals surface area contributed by atoms with Gasteiger partial charge in [-0.2, -0.15) is 0 Å². The van der Waals surface area contributed by atoms with Gasteiger partial charge in [0.1, 0.15) is 13.2 Å². The molecule has 1 aliphatic rings. The Morgan fingerprint density at radius 2 is 1.66 bits per heavy atom. The molecule has 2 N–H and O–H groups in total. The summed E-state index contributed by atoms with van der Waals surface area (Å²) in [6.45, 7) is 4.59. The number of anilines is 1. The lowest BCUT2D eigenvalue weighted by Gasteiger charge is -2.21. The van der Waals surface area contributed by atoms with Gasteiger partial charge >= 0.3 is 0 Å². The molecule has 4 rings (SSSR count). The summed E-state index contributed by atoms with van der Waals surface area (Å²) in [4.78, 5) is 13.1. The van der Waals surface area contributed by atoms with Crippen LogP contribution in [0.4, 0.5) is 5.69 Å². The van der Waals surface area contributed by atoms with Crippen LogP contribution in [0, 0.1) is 6.92 Å². The molecule has 0 bridgehead atoms. The van der Waals surface area contributed by atoms with Crippen LogP contribution in [-0.4, -0.2) is 27.5 Å². The summed E-state index contributed by atoms with van der Waals surface area (Å²) in [5, 5.41) is 2.97. The first kappa shape index (κ1) is 21.7. The minimum Gasteiger partial charge on any atom is -0.486 e. The van der Waals surface area contributed by atoms with E-state index in [2.05, 4.69) is 10.0 Å². The van der Waals surface area contributed by atoms with Gasteiger partial charge in [0.05, 0.1) is 16.6 Å². The van der Waals surface area contributed by atoms with Crippen LogP contribution in [0.25, 0.3) is 0 Å². The van der Waals surface area contributed by atoms with Crippen molar-refractivity contribution in [2.24, 2.45) is 0 Å². The predicted octanol–water partition coefficient (Wildman–Crippen LogP) is 4.06. The number of ether oxygens (including phenoxy) is 2. The lowest BCUT2D eigenvalue weighted by atomic mass is 10.0. The van der Waals surface area contributed by atoms with E-state index in [-0.39, 0.29) is 16.8 Å². The largest absolute Gasteiger partial charge is 0.486 e. The first-order chi connectivity index (χ1) is 15.3. The summed E-state index contributed by atoms with van der Waals surface area (Å²) >= 11 is 0. The van der Waals surface area contributed by atoms with Crippen molar-refractivity contribution in [1.82, 2.24) is 5.32 Å². The SMILES string of the molecule is Cc1c(NS(=O)(=O)c2ccccc2)cccc1C(=O)N[C@@H](C)c1ccc2c(c1)OCCO2. The molecule has 8 heteroatoms. The van der Waals surface area contributed by atoms with E-state index in [9.17, 15) is 13.2 Å². The lowest BCUT2D eigenvalue weighted by molar-refractivity contribution is 0.0939. The Labute approximate surface area is 187 Å². The smallest absolute Gasteiger partial charge is 0.261 e. The standard InChI is InChI=1S/C24H24N2O5S/c1-16-20(9-6-10-21(16)26-32(28,29)19-7-4-3-5-8-19)24(27)25-17(2)18-11-12-22-23(15-18)31-14-13-30-22/h3-12,15,17,26H,13-14H2,1-2H3,(H,25,27)/t17-/m0/s1. The van der Waals surface area contributed by atoms with Crippen molar-refractivity contribution in [2.45, 2.75) is 24.8 Å². The zero-order chi connectivity index (χ0) is 22.7. The second-order valence-corrected chi connectivity index (χ2v) is 9.18. The molecule has 3 aromatic rings. The fourth-order valence-electron chi connectivity index (χ4n) is 3.48. The molecule has 166 valence electrons. The van der Waals surface area contributed by atoms with E-state index in [1.54, 1.807) is 43.3 Å². The maximum absolute atomic E-state index is 13.0. The Hall–Kier alpha value is -3.52. The third-order valence-electron chi connectivity index (χ3n) is 5.29. The third kappa shape index (κ3) is 4.55. The van der Waals surface area contributed by atoms with Crippen molar-refractivity contribution in [2.75, 3.05) is 17.9 Å². The fourth-order valence-corrected chi connectivity index (χ4v) is 4.63. The number of hydrogen-bond acceptors (Lipinski definition) is 5. The second-order valence-electron chi connectivity index (χ2n) is 7.49. The van der Waals surface area contributed by atoms with Gasteiger partial charge in [-0.15, -0.1) is 0 Å². The van der Waals surface area contributed by atoms with Crippen molar-refractivity contribution in [3.63, 3.8) is 0 Å². The Bertz CT molecular complexity index is 1240. The molecular weight excluding hydrogens is 428 g/mol. The first-order valence-electron chi connectivity index (χ1n) is 10.2. The molecule has 0 unspecified atom stereocenters. The summed E-state index contributed by atoms with van der Waals surface area (Å²) in [5.41, 5.74) is 2.16. The molecule has 0 saturated heterocycles. The zero-order valence-corrected chi connectivity index (χ0v) is 18.6. The Kier molecular flexibility index (Phi) is 6.05. The molecule has 1 amide bonds. The summed E-state index contributed by atoms with van der Waals surface area (Å²) in [5.74, 6) is 1.04. The van der Waals surface area contributed by atoms with E-state index in [4.69, 9.17) is 9.47 Å². The predicted molar refractivity (Wildman–Crippen MR) is 122 cm³/mol. The van der Waals surface area contributed by atoms with Crippen molar-refractivity contribution in [3.05, 3.63) is 83.4 Å². The Morgan fingerprint density at radius 1 is 0.938 bits per heavy atom. The maximum Gasteiger partial charge on any atom is 0.261 e. The van der Waals surface area contributed by atoms with E-state index < -0.39 is 10.0 Å². The summed E-state index contributed by atoms with van der Waals surface area (Å²) < 4.78 is 39.1. The minimum atomic E-state index is -3.76. The van der Waals surface area contributed by atoms with Crippen LogP contribution in [0.15, 0.2) is 71.6 Å². The number of fused-ring (bicyclic) bond motifs is 1. The molecule has 0 saturated carbocycles. The van der Waals surface area contributed by atoms with Crippen LogP contribution in [0.1, 0.15) is 34.5 Å². The highest BCUT2D eigenvalue weighted by molar-refractivity contribution is 7.92. The van der Waals surface area contributed by atoms with Crippen LogP contribution < -0.4 is 19.5 Å². The molecule has 0 aromatic heterocycles. The number of carbonyl (C=O) groups excluding carboxylic acids is 1. The van der Waals surface area contributed by atoms with Gasteiger partial charge in [-0.3, -0.25) is 9.52 Å².